The van der Waals surface area contributed by atoms with Gasteiger partial charge in [0, 0.05) is 0 Å². The van der Waals surface area contributed by atoms with E-state index in [2.05, 4.69) is 64.3 Å². The van der Waals surface area contributed by atoms with Crippen LogP contribution in [-0.2, 0) is 28.3 Å². The predicted octanol–water partition coefficient (Wildman–Crippen LogP) is 6.22. The van der Waals surface area contributed by atoms with Gasteiger partial charge in [-0.25, -0.2) is 12.8 Å². The van der Waals surface area contributed by atoms with Crippen LogP contribution in [0.1, 0.15) is 38.5 Å². The van der Waals surface area contributed by atoms with Crippen molar-refractivity contribution >= 4 is 16.6 Å². The summed E-state index contributed by atoms with van der Waals surface area (Å²) >= 11 is 0. The van der Waals surface area contributed by atoms with E-state index in [4.69, 9.17) is 8.85 Å². The van der Waals surface area contributed by atoms with Gasteiger partial charge in [-0.3, -0.25) is 0 Å². The molecule has 0 aliphatic heterocycles. The van der Waals surface area contributed by atoms with E-state index in [1.165, 1.54) is 37.2 Å². The summed E-state index contributed by atoms with van der Waals surface area (Å²) in [6.45, 7) is 13.3. The zero-order valence-corrected chi connectivity index (χ0v) is 21.0. The molecule has 23 heavy (non-hydrogen) atoms. The van der Waals surface area contributed by atoms with E-state index in [1.54, 1.807) is 0 Å². The Hall–Kier alpha value is -0.123. The molecule has 2 aliphatic carbocycles. The summed E-state index contributed by atoms with van der Waals surface area (Å²) in [5, 5.41) is 0. The minimum absolute atomic E-state index is 0. The average molecular weight is 404 g/mol. The summed E-state index contributed by atoms with van der Waals surface area (Å²) in [5.41, 5.74) is 0. The van der Waals surface area contributed by atoms with Crippen LogP contribution >= 0.6 is 0 Å². The summed E-state index contributed by atoms with van der Waals surface area (Å²) in [6.07, 6.45) is 15.9. The van der Waals surface area contributed by atoms with Gasteiger partial charge in [-0.2, -0.15) is 12.2 Å². The van der Waals surface area contributed by atoms with Gasteiger partial charge in [-0.1, -0.05) is 37.2 Å². The summed E-state index contributed by atoms with van der Waals surface area (Å²) < 4.78 is 11.7. The number of rotatable bonds is 4. The summed E-state index contributed by atoms with van der Waals surface area (Å²) in [6, 6.07) is 0. The fourth-order valence-electron chi connectivity index (χ4n) is 2.34. The van der Waals surface area contributed by atoms with Crippen LogP contribution in [0.5, 0.6) is 0 Å². The second kappa shape index (κ2) is 10.7. The summed E-state index contributed by atoms with van der Waals surface area (Å²) in [7, 11) is -2.67. The van der Waals surface area contributed by atoms with E-state index in [-0.39, 0.29) is 19.5 Å². The van der Waals surface area contributed by atoms with Crippen LogP contribution in [0.4, 0.5) is 0 Å². The molecule has 0 aromatic carbocycles. The molecule has 0 radical (unpaired) electrons. The molecule has 0 fully saturated rings. The third-order valence-electron chi connectivity index (χ3n) is 3.07. The van der Waals surface area contributed by atoms with Crippen molar-refractivity contribution in [2.75, 3.05) is 0 Å². The fraction of sp³-hybridized carbons (Fsp3) is 0.667. The molecule has 0 unspecified atom stereocenters. The van der Waals surface area contributed by atoms with Crippen LogP contribution in [0, 0.1) is 12.8 Å². The Kier molecular flexibility index (Phi) is 10.6. The molecule has 0 saturated heterocycles. The van der Waals surface area contributed by atoms with Gasteiger partial charge in [0.25, 0.3) is 0 Å². The Morgan fingerprint density at radius 2 is 1.09 bits per heavy atom. The molecule has 2 nitrogen and oxygen atoms in total. The molecule has 0 aromatic rings. The normalized spacial score (nSPS) is 17.8. The van der Waals surface area contributed by atoms with Crippen molar-refractivity contribution in [3.63, 3.8) is 0 Å². The maximum absolute atomic E-state index is 5.85. The molecule has 0 atom stereocenters. The molecule has 5 heteroatoms. The monoisotopic (exact) mass is 402 g/mol. The fourth-order valence-corrected chi connectivity index (χ4v) is 4.25. The third kappa shape index (κ3) is 12.9. The van der Waals surface area contributed by atoms with Crippen LogP contribution in [-0.4, -0.2) is 16.6 Å². The molecule has 0 aromatic heterocycles. The molecule has 128 valence electrons. The average Bonchev–Trinajstić information content (AvgIpc) is 2.38. The van der Waals surface area contributed by atoms with Crippen molar-refractivity contribution in [1.82, 2.24) is 0 Å². The predicted molar refractivity (Wildman–Crippen MR) is 101 cm³/mol. The molecule has 2 aliphatic rings. The van der Waals surface area contributed by atoms with Crippen molar-refractivity contribution in [2.24, 2.45) is 0 Å². The molecule has 0 spiro atoms. The SMILES string of the molecule is C[Si](C)(C)OC1=C[CH-]CCC1.C[Si](C)(C)OC1=C[CH-]CCC1.[Zn+2]. The van der Waals surface area contributed by atoms with Crippen LogP contribution < -0.4 is 0 Å². The van der Waals surface area contributed by atoms with E-state index in [0.29, 0.717) is 0 Å². The van der Waals surface area contributed by atoms with Gasteiger partial charge in [0.15, 0.2) is 0 Å². The van der Waals surface area contributed by atoms with Gasteiger partial charge in [0.2, 0.25) is 16.6 Å². The minimum Gasteiger partial charge on any atom is -0.635 e. The first kappa shape index (κ1) is 22.9. The van der Waals surface area contributed by atoms with Crippen LogP contribution in [0.2, 0.25) is 39.3 Å². The number of hydrogen-bond acceptors (Lipinski definition) is 2. The first-order chi connectivity index (χ1) is 10.2. The van der Waals surface area contributed by atoms with Gasteiger partial charge in [0.1, 0.15) is 0 Å². The Morgan fingerprint density at radius 3 is 1.30 bits per heavy atom. The molecule has 0 saturated carbocycles. The Labute approximate surface area is 159 Å². The Morgan fingerprint density at radius 1 is 0.739 bits per heavy atom. The van der Waals surface area contributed by atoms with Crippen LogP contribution in [0.3, 0.4) is 0 Å². The molecule has 2 rings (SSSR count). The zero-order valence-electron chi connectivity index (χ0n) is 16.1. The van der Waals surface area contributed by atoms with Crippen LogP contribution in [0.25, 0.3) is 0 Å². The quantitative estimate of drug-likeness (QED) is 0.410. The van der Waals surface area contributed by atoms with E-state index in [9.17, 15) is 0 Å². The smallest absolute Gasteiger partial charge is 0.635 e. The van der Waals surface area contributed by atoms with Crippen molar-refractivity contribution in [3.8, 4) is 0 Å². The van der Waals surface area contributed by atoms with E-state index >= 15 is 0 Å². The minimum atomic E-state index is -1.33. The summed E-state index contributed by atoms with van der Waals surface area (Å²) in [5.74, 6) is 2.41. The molecule has 0 bridgehead atoms. The number of allylic oxidation sites excluding steroid dienone is 4. The van der Waals surface area contributed by atoms with E-state index in [1.807, 2.05) is 0 Å². The van der Waals surface area contributed by atoms with E-state index in [0.717, 1.165) is 12.8 Å². The van der Waals surface area contributed by atoms with Crippen molar-refractivity contribution in [2.45, 2.75) is 77.8 Å². The van der Waals surface area contributed by atoms with Crippen molar-refractivity contribution < 1.29 is 28.3 Å². The van der Waals surface area contributed by atoms with Gasteiger partial charge < -0.3 is 8.85 Å². The van der Waals surface area contributed by atoms with Gasteiger partial charge >= 0.3 is 19.5 Å². The maximum Gasteiger partial charge on any atom is 2.00 e. The van der Waals surface area contributed by atoms with Crippen molar-refractivity contribution in [1.29, 1.82) is 0 Å². The Balaban J connectivity index is 0.000000403. The summed E-state index contributed by atoms with van der Waals surface area (Å²) in [4.78, 5) is 0. The maximum atomic E-state index is 5.85. The van der Waals surface area contributed by atoms with Crippen LogP contribution in [0.15, 0.2) is 23.7 Å². The standard InChI is InChI=1S/2C9H17OSi.Zn/c2*1-11(2,3)10-9-7-5-4-6-8-9;/h2*5,7H,4,6,8H2,1-3H3;/q2*-1;+2. The van der Waals surface area contributed by atoms with Gasteiger partial charge in [0.05, 0.1) is 0 Å². The van der Waals surface area contributed by atoms with E-state index < -0.39 is 16.6 Å². The molecule has 0 amide bonds. The number of hydrogen-bond donors (Lipinski definition) is 0. The topological polar surface area (TPSA) is 18.5 Å². The molecular weight excluding hydrogens is 370 g/mol. The molecular formula is C18H34O2Si2Zn. The Bertz CT molecular complexity index is 355. The largest absolute Gasteiger partial charge is 2.00 e. The second-order valence-electron chi connectivity index (χ2n) is 7.95. The molecule has 0 heterocycles. The first-order valence-corrected chi connectivity index (χ1v) is 15.4. The van der Waals surface area contributed by atoms with Gasteiger partial charge in [-0.05, 0) is 39.3 Å². The zero-order chi connectivity index (χ0) is 16.6. The molecule has 0 N–H and O–H groups in total. The van der Waals surface area contributed by atoms with Crippen molar-refractivity contribution in [3.05, 3.63) is 36.5 Å². The van der Waals surface area contributed by atoms with Gasteiger partial charge in [-0.15, -0.1) is 12.8 Å². The third-order valence-corrected chi connectivity index (χ3v) is 4.82. The second-order valence-corrected chi connectivity index (χ2v) is 16.8. The first-order valence-electron chi connectivity index (χ1n) is 8.58.